The van der Waals surface area contributed by atoms with E-state index in [0.717, 1.165) is 0 Å². The van der Waals surface area contributed by atoms with Crippen molar-refractivity contribution < 1.29 is 13.6 Å². The van der Waals surface area contributed by atoms with Crippen LogP contribution in [-0.2, 0) is 0 Å². The monoisotopic (exact) mass is 487 g/mol. The lowest BCUT2D eigenvalue weighted by Crippen LogP contribution is -2.11. The van der Waals surface area contributed by atoms with Crippen molar-refractivity contribution >= 4 is 33.4 Å². The van der Waals surface area contributed by atoms with Crippen molar-refractivity contribution in [1.82, 2.24) is 9.97 Å². The number of nitrogens with one attached hydrogen (secondary N) is 1. The van der Waals surface area contributed by atoms with Gasteiger partial charge in [-0.25, -0.2) is 19.6 Å². The molecular weight excluding hydrogens is 470 g/mol. The van der Waals surface area contributed by atoms with Crippen molar-refractivity contribution in [3.05, 3.63) is 123 Å². The Morgan fingerprint density at radius 2 is 1.05 bits per heavy atom. The van der Waals surface area contributed by atoms with Gasteiger partial charge in [-0.15, -0.1) is 0 Å². The van der Waals surface area contributed by atoms with Crippen molar-refractivity contribution in [3.63, 3.8) is 0 Å². The summed E-state index contributed by atoms with van der Waals surface area (Å²) in [5.41, 5.74) is 2.32. The Hall–Kier alpha value is -5.37. The van der Waals surface area contributed by atoms with E-state index >= 15 is 0 Å². The van der Waals surface area contributed by atoms with E-state index < -0.39 is 11.3 Å². The van der Waals surface area contributed by atoms with E-state index in [9.17, 15) is 14.4 Å². The summed E-state index contributed by atoms with van der Waals surface area (Å²) in [7, 11) is 0. The normalized spacial score (nSPS) is 11.0. The molecule has 2 aromatic heterocycles. The highest BCUT2D eigenvalue weighted by Crippen LogP contribution is 2.22. The summed E-state index contributed by atoms with van der Waals surface area (Å²) in [5, 5.41) is 3.66. The summed E-state index contributed by atoms with van der Waals surface area (Å²) in [4.78, 5) is 46.1. The minimum absolute atomic E-state index is 0.181. The van der Waals surface area contributed by atoms with Crippen LogP contribution < -0.4 is 16.6 Å². The molecule has 8 nitrogen and oxygen atoms in total. The number of hydrogen-bond acceptors (Lipinski definition) is 7. The van der Waals surface area contributed by atoms with Gasteiger partial charge < -0.3 is 14.2 Å². The van der Waals surface area contributed by atoms with Gasteiger partial charge in [0.1, 0.15) is 0 Å². The predicted octanol–water partition coefficient (Wildman–Crippen LogP) is 5.28. The van der Waals surface area contributed by atoms with Crippen LogP contribution in [0, 0.1) is 0 Å². The summed E-state index contributed by atoms with van der Waals surface area (Å²) in [6, 6.07) is 27.4. The molecular formula is C29H17N3O5. The van der Waals surface area contributed by atoms with Gasteiger partial charge >= 0.3 is 11.3 Å². The number of amides is 1. The second kappa shape index (κ2) is 9.01. The fourth-order valence-electron chi connectivity index (χ4n) is 3.95. The molecule has 1 amide bonds. The van der Waals surface area contributed by atoms with E-state index in [1.165, 1.54) is 0 Å². The lowest BCUT2D eigenvalue weighted by atomic mass is 10.1. The topological polar surface area (TPSA) is 115 Å². The summed E-state index contributed by atoms with van der Waals surface area (Å²) in [6.07, 6.45) is 0. The molecule has 8 heteroatoms. The van der Waals surface area contributed by atoms with Crippen molar-refractivity contribution in [2.45, 2.75) is 0 Å². The molecule has 0 aliphatic heterocycles. The number of rotatable bonds is 4. The van der Waals surface area contributed by atoms with Gasteiger partial charge in [-0.05, 0) is 72.8 Å². The van der Waals surface area contributed by atoms with Crippen LogP contribution in [0.3, 0.4) is 0 Å². The second-order valence-corrected chi connectivity index (χ2v) is 8.26. The minimum atomic E-state index is -0.468. The number of aromatic nitrogens is 2. The van der Waals surface area contributed by atoms with Gasteiger partial charge in [0.25, 0.3) is 5.91 Å². The smallest absolute Gasteiger partial charge is 0.347 e. The highest BCUT2D eigenvalue weighted by atomic mass is 16.4. The molecule has 0 radical (unpaired) electrons. The minimum Gasteiger partial charge on any atom is -0.403 e. The molecule has 37 heavy (non-hydrogen) atoms. The molecule has 0 atom stereocenters. The zero-order valence-electron chi connectivity index (χ0n) is 19.2. The fraction of sp³-hybridized carbons (Fsp3) is 0. The maximum atomic E-state index is 12.8. The number of carbonyl (C=O) groups is 1. The molecule has 2 heterocycles. The zero-order valence-corrected chi connectivity index (χ0v) is 19.2. The van der Waals surface area contributed by atoms with Gasteiger partial charge in [-0.2, -0.15) is 0 Å². The Balaban J connectivity index is 1.20. The molecule has 178 valence electrons. The van der Waals surface area contributed by atoms with E-state index in [-0.39, 0.29) is 17.7 Å². The molecule has 0 spiro atoms. The molecule has 0 saturated heterocycles. The number of benzene rings is 4. The Morgan fingerprint density at radius 3 is 1.57 bits per heavy atom. The molecule has 6 aromatic rings. The SMILES string of the molecule is O=C(Nc1ccc(-c2nc3ccccc3c(=O)o2)cc1)c1ccc(-c2nc3ccccc3c(=O)o2)cc1. The Labute approximate surface area is 208 Å². The van der Waals surface area contributed by atoms with Gasteiger partial charge in [-0.1, -0.05) is 24.3 Å². The van der Waals surface area contributed by atoms with Crippen molar-refractivity contribution in [2.75, 3.05) is 5.32 Å². The largest absolute Gasteiger partial charge is 0.403 e. The molecule has 1 N–H and O–H groups in total. The Bertz CT molecular complexity index is 1910. The van der Waals surface area contributed by atoms with Gasteiger partial charge in [-0.3, -0.25) is 4.79 Å². The Kier molecular flexibility index (Phi) is 5.39. The first-order chi connectivity index (χ1) is 18.0. The maximum Gasteiger partial charge on any atom is 0.347 e. The summed E-state index contributed by atoms with van der Waals surface area (Å²) < 4.78 is 10.7. The number of carbonyl (C=O) groups excluding carboxylic acids is 1. The van der Waals surface area contributed by atoms with E-state index in [2.05, 4.69) is 15.3 Å². The molecule has 0 fully saturated rings. The van der Waals surface area contributed by atoms with Gasteiger partial charge in [0.2, 0.25) is 11.8 Å². The van der Waals surface area contributed by atoms with E-state index in [4.69, 9.17) is 8.83 Å². The van der Waals surface area contributed by atoms with Gasteiger partial charge in [0.05, 0.1) is 21.8 Å². The predicted molar refractivity (Wildman–Crippen MR) is 139 cm³/mol. The van der Waals surface area contributed by atoms with Crippen LogP contribution >= 0.6 is 0 Å². The first-order valence-corrected chi connectivity index (χ1v) is 11.4. The van der Waals surface area contributed by atoms with Crippen LogP contribution in [0.15, 0.2) is 115 Å². The first kappa shape index (κ1) is 22.1. The van der Waals surface area contributed by atoms with Crippen LogP contribution in [-0.4, -0.2) is 15.9 Å². The standard InChI is InChI=1S/C29H17N3O5/c33-25(17-9-11-18(12-10-17)26-31-23-7-3-1-5-21(23)28(34)36-26)30-20-15-13-19(14-16-20)27-32-24-8-4-2-6-22(24)29(35)37-27/h1-16H,(H,30,33). The summed E-state index contributed by atoms with van der Waals surface area (Å²) in [5.74, 6) is 0.0638. The van der Waals surface area contributed by atoms with Crippen LogP contribution in [0.5, 0.6) is 0 Å². The third kappa shape index (κ3) is 4.28. The average Bonchev–Trinajstić information content (AvgIpc) is 2.93. The van der Waals surface area contributed by atoms with E-state index in [1.54, 1.807) is 97.1 Å². The van der Waals surface area contributed by atoms with Crippen molar-refractivity contribution in [1.29, 1.82) is 0 Å². The lowest BCUT2D eigenvalue weighted by Gasteiger charge is -2.07. The molecule has 0 unspecified atom stereocenters. The number of anilines is 1. The van der Waals surface area contributed by atoms with E-state index in [0.29, 0.717) is 44.2 Å². The molecule has 0 bridgehead atoms. The van der Waals surface area contributed by atoms with Gasteiger partial charge in [0, 0.05) is 22.4 Å². The van der Waals surface area contributed by atoms with Crippen molar-refractivity contribution in [3.8, 4) is 22.9 Å². The van der Waals surface area contributed by atoms with E-state index in [1.807, 2.05) is 0 Å². The number of para-hydroxylation sites is 2. The molecule has 6 rings (SSSR count). The van der Waals surface area contributed by atoms with Crippen LogP contribution in [0.1, 0.15) is 10.4 Å². The Morgan fingerprint density at radius 1 is 0.595 bits per heavy atom. The summed E-state index contributed by atoms with van der Waals surface area (Å²) in [6.45, 7) is 0. The number of fused-ring (bicyclic) bond motifs is 2. The average molecular weight is 487 g/mol. The van der Waals surface area contributed by atoms with Crippen LogP contribution in [0.25, 0.3) is 44.7 Å². The third-order valence-electron chi connectivity index (χ3n) is 5.85. The summed E-state index contributed by atoms with van der Waals surface area (Å²) >= 11 is 0. The molecule has 4 aromatic carbocycles. The number of nitrogens with zero attached hydrogens (tertiary/aromatic N) is 2. The fourth-order valence-corrected chi connectivity index (χ4v) is 3.95. The van der Waals surface area contributed by atoms with Crippen LogP contribution in [0.4, 0.5) is 5.69 Å². The highest BCUT2D eigenvalue weighted by Gasteiger charge is 2.12. The maximum absolute atomic E-state index is 12.8. The second-order valence-electron chi connectivity index (χ2n) is 8.26. The molecule has 0 aliphatic carbocycles. The van der Waals surface area contributed by atoms with Crippen molar-refractivity contribution in [2.24, 2.45) is 0 Å². The number of hydrogen-bond donors (Lipinski definition) is 1. The first-order valence-electron chi connectivity index (χ1n) is 11.4. The lowest BCUT2D eigenvalue weighted by molar-refractivity contribution is 0.102. The third-order valence-corrected chi connectivity index (χ3v) is 5.85. The molecule has 0 aliphatic rings. The zero-order chi connectivity index (χ0) is 25.4. The van der Waals surface area contributed by atoms with Gasteiger partial charge in [0.15, 0.2) is 0 Å². The van der Waals surface area contributed by atoms with Crippen LogP contribution in [0.2, 0.25) is 0 Å². The molecule has 0 saturated carbocycles. The quantitative estimate of drug-likeness (QED) is 0.360. The highest BCUT2D eigenvalue weighted by molar-refractivity contribution is 6.04.